The predicted molar refractivity (Wildman–Crippen MR) is 98.3 cm³/mol. The number of nitrogens with zero attached hydrogens (tertiary/aromatic N) is 4. The molecule has 0 unspecified atom stereocenters. The number of aryl methyl sites for hydroxylation is 1. The van der Waals surface area contributed by atoms with Gasteiger partial charge in [0.05, 0.1) is 11.4 Å². The van der Waals surface area contributed by atoms with Gasteiger partial charge in [-0.15, -0.1) is 0 Å². The zero-order valence-corrected chi connectivity index (χ0v) is 14.4. The fourth-order valence-electron chi connectivity index (χ4n) is 3.38. The summed E-state index contributed by atoms with van der Waals surface area (Å²) in [6.45, 7) is 6.31. The number of carbonyl (C=O) groups excluding carboxylic acids is 1. The number of amides is 1. The summed E-state index contributed by atoms with van der Waals surface area (Å²) in [7, 11) is 0. The van der Waals surface area contributed by atoms with Crippen LogP contribution in [0.5, 0.6) is 0 Å². The van der Waals surface area contributed by atoms with E-state index in [1.807, 2.05) is 23.1 Å². The third kappa shape index (κ3) is 3.15. The van der Waals surface area contributed by atoms with Crippen molar-refractivity contribution in [1.82, 2.24) is 19.2 Å². The van der Waals surface area contributed by atoms with Gasteiger partial charge in [-0.1, -0.05) is 35.9 Å². The molecule has 1 fully saturated rings. The van der Waals surface area contributed by atoms with Crippen LogP contribution in [0.2, 0.25) is 0 Å². The topological polar surface area (TPSA) is 40.9 Å². The van der Waals surface area contributed by atoms with Crippen molar-refractivity contribution in [2.24, 2.45) is 0 Å². The fourth-order valence-corrected chi connectivity index (χ4v) is 3.38. The Hall–Kier alpha value is -2.66. The zero-order valence-electron chi connectivity index (χ0n) is 14.4. The summed E-state index contributed by atoms with van der Waals surface area (Å²) < 4.78 is 2.18. The summed E-state index contributed by atoms with van der Waals surface area (Å²) >= 11 is 0. The summed E-state index contributed by atoms with van der Waals surface area (Å²) in [5.74, 6) is 0. The van der Waals surface area contributed by atoms with E-state index in [2.05, 4.69) is 46.7 Å². The molecule has 1 aliphatic heterocycles. The molecule has 3 heterocycles. The van der Waals surface area contributed by atoms with Gasteiger partial charge in [0.25, 0.3) is 0 Å². The smallest absolute Gasteiger partial charge is 0.209 e. The molecule has 5 nitrogen and oxygen atoms in total. The van der Waals surface area contributed by atoms with Crippen molar-refractivity contribution in [1.29, 1.82) is 0 Å². The van der Waals surface area contributed by atoms with Crippen LogP contribution in [0.4, 0.5) is 0 Å². The largest absolute Gasteiger partial charge is 0.343 e. The lowest BCUT2D eigenvalue weighted by molar-refractivity contribution is -0.119. The molecule has 4 rings (SSSR count). The average Bonchev–Trinajstić information content (AvgIpc) is 3.02. The van der Waals surface area contributed by atoms with Gasteiger partial charge >= 0.3 is 0 Å². The summed E-state index contributed by atoms with van der Waals surface area (Å²) in [5.41, 5.74) is 5.62. The highest BCUT2D eigenvalue weighted by molar-refractivity contribution is 5.66. The Kier molecular flexibility index (Phi) is 4.24. The Labute approximate surface area is 147 Å². The maximum Gasteiger partial charge on any atom is 0.209 e. The number of carbonyl (C=O) groups is 1. The highest BCUT2D eigenvalue weighted by atomic mass is 16.1. The molecule has 1 amide bonds. The number of imidazole rings is 1. The second-order valence-electron chi connectivity index (χ2n) is 6.62. The lowest BCUT2D eigenvalue weighted by atomic mass is 10.1. The molecule has 0 aliphatic carbocycles. The van der Waals surface area contributed by atoms with Crippen LogP contribution in [-0.2, 0) is 11.3 Å². The Bertz CT molecular complexity index is 876. The number of piperazine rings is 1. The normalized spacial score (nSPS) is 15.6. The van der Waals surface area contributed by atoms with Gasteiger partial charge < -0.3 is 9.30 Å². The molecular weight excluding hydrogens is 312 g/mol. The van der Waals surface area contributed by atoms with Crippen molar-refractivity contribution in [2.75, 3.05) is 26.2 Å². The van der Waals surface area contributed by atoms with E-state index < -0.39 is 0 Å². The molecule has 0 radical (unpaired) electrons. The SMILES string of the molecule is Cc1ccc(-c2nc3ccccn3c2CN2CCN(C=O)CC2)cc1. The van der Waals surface area contributed by atoms with E-state index in [0.717, 1.165) is 56.0 Å². The number of benzene rings is 1. The Morgan fingerprint density at radius 3 is 2.52 bits per heavy atom. The lowest BCUT2D eigenvalue weighted by Gasteiger charge is -2.32. The molecule has 0 N–H and O–H groups in total. The summed E-state index contributed by atoms with van der Waals surface area (Å²) in [6.07, 6.45) is 3.03. The standard InChI is InChI=1S/C20H22N4O/c1-16-5-7-17(8-6-16)20-18(24-9-3-2-4-19(24)21-20)14-22-10-12-23(15-25)13-11-22/h2-9,15H,10-14H2,1H3. The van der Waals surface area contributed by atoms with E-state index in [-0.39, 0.29) is 0 Å². The van der Waals surface area contributed by atoms with Crippen LogP contribution in [0.1, 0.15) is 11.3 Å². The van der Waals surface area contributed by atoms with Gasteiger partial charge in [-0.3, -0.25) is 9.69 Å². The highest BCUT2D eigenvalue weighted by Crippen LogP contribution is 2.26. The monoisotopic (exact) mass is 334 g/mol. The van der Waals surface area contributed by atoms with Crippen LogP contribution in [-0.4, -0.2) is 51.8 Å². The molecule has 1 aliphatic rings. The molecular formula is C20H22N4O. The first-order chi connectivity index (χ1) is 12.2. The first-order valence-corrected chi connectivity index (χ1v) is 8.69. The molecule has 3 aromatic rings. The second-order valence-corrected chi connectivity index (χ2v) is 6.62. The van der Waals surface area contributed by atoms with E-state index in [9.17, 15) is 4.79 Å². The molecule has 5 heteroatoms. The van der Waals surface area contributed by atoms with Crippen molar-refractivity contribution in [2.45, 2.75) is 13.5 Å². The number of rotatable bonds is 4. The predicted octanol–water partition coefficient (Wildman–Crippen LogP) is 2.58. The third-order valence-corrected chi connectivity index (χ3v) is 4.88. The first kappa shape index (κ1) is 15.8. The maximum absolute atomic E-state index is 10.9. The number of pyridine rings is 1. The van der Waals surface area contributed by atoms with E-state index in [1.165, 1.54) is 11.3 Å². The molecule has 25 heavy (non-hydrogen) atoms. The van der Waals surface area contributed by atoms with Gasteiger partial charge in [0.15, 0.2) is 0 Å². The van der Waals surface area contributed by atoms with Crippen LogP contribution in [0, 0.1) is 6.92 Å². The highest BCUT2D eigenvalue weighted by Gasteiger charge is 2.20. The number of fused-ring (bicyclic) bond motifs is 1. The zero-order chi connectivity index (χ0) is 17.2. The molecule has 2 aromatic heterocycles. The third-order valence-electron chi connectivity index (χ3n) is 4.88. The molecule has 0 bridgehead atoms. The van der Waals surface area contributed by atoms with Crippen LogP contribution in [0.15, 0.2) is 48.7 Å². The van der Waals surface area contributed by atoms with Gasteiger partial charge in [0, 0.05) is 44.5 Å². The van der Waals surface area contributed by atoms with Crippen molar-refractivity contribution >= 4 is 12.1 Å². The quantitative estimate of drug-likeness (QED) is 0.689. The minimum atomic E-state index is 0.792. The van der Waals surface area contributed by atoms with Crippen LogP contribution < -0.4 is 0 Å². The second kappa shape index (κ2) is 6.69. The van der Waals surface area contributed by atoms with Crippen molar-refractivity contribution in [3.63, 3.8) is 0 Å². The first-order valence-electron chi connectivity index (χ1n) is 8.69. The minimum Gasteiger partial charge on any atom is -0.343 e. The number of hydrogen-bond acceptors (Lipinski definition) is 3. The Balaban J connectivity index is 1.70. The maximum atomic E-state index is 10.9. The minimum absolute atomic E-state index is 0.792. The summed E-state index contributed by atoms with van der Waals surface area (Å²) in [6, 6.07) is 14.7. The van der Waals surface area contributed by atoms with Gasteiger partial charge in [-0.2, -0.15) is 0 Å². The van der Waals surface area contributed by atoms with Crippen molar-refractivity contribution < 1.29 is 4.79 Å². The van der Waals surface area contributed by atoms with E-state index in [0.29, 0.717) is 0 Å². The van der Waals surface area contributed by atoms with Gasteiger partial charge in [0.1, 0.15) is 5.65 Å². The van der Waals surface area contributed by atoms with Crippen LogP contribution >= 0.6 is 0 Å². The van der Waals surface area contributed by atoms with Crippen molar-refractivity contribution in [3.05, 3.63) is 59.9 Å². The number of aromatic nitrogens is 2. The molecule has 0 atom stereocenters. The number of hydrogen-bond donors (Lipinski definition) is 0. The van der Waals surface area contributed by atoms with E-state index >= 15 is 0 Å². The molecule has 1 aromatic carbocycles. The fraction of sp³-hybridized carbons (Fsp3) is 0.300. The Morgan fingerprint density at radius 1 is 1.04 bits per heavy atom. The van der Waals surface area contributed by atoms with E-state index in [1.54, 1.807) is 0 Å². The van der Waals surface area contributed by atoms with Crippen molar-refractivity contribution in [3.8, 4) is 11.3 Å². The Morgan fingerprint density at radius 2 is 1.80 bits per heavy atom. The summed E-state index contributed by atoms with van der Waals surface area (Å²) in [5, 5.41) is 0. The molecule has 128 valence electrons. The average molecular weight is 334 g/mol. The van der Waals surface area contributed by atoms with Gasteiger partial charge in [0.2, 0.25) is 6.41 Å². The van der Waals surface area contributed by atoms with E-state index in [4.69, 9.17) is 4.98 Å². The lowest BCUT2D eigenvalue weighted by Crippen LogP contribution is -2.45. The van der Waals surface area contributed by atoms with Crippen LogP contribution in [0.25, 0.3) is 16.9 Å². The summed E-state index contributed by atoms with van der Waals surface area (Å²) in [4.78, 5) is 20.0. The van der Waals surface area contributed by atoms with Gasteiger partial charge in [-0.05, 0) is 19.1 Å². The molecule has 0 saturated carbocycles. The molecule has 1 saturated heterocycles. The molecule has 0 spiro atoms. The van der Waals surface area contributed by atoms with Gasteiger partial charge in [-0.25, -0.2) is 4.98 Å². The van der Waals surface area contributed by atoms with Crippen LogP contribution in [0.3, 0.4) is 0 Å².